The van der Waals surface area contributed by atoms with Gasteiger partial charge in [0.15, 0.2) is 0 Å². The molecule has 108 valence electrons. The molecule has 1 aromatic heterocycles. The van der Waals surface area contributed by atoms with Gasteiger partial charge in [-0.05, 0) is 29.9 Å². The summed E-state index contributed by atoms with van der Waals surface area (Å²) in [5.74, 6) is -0.166. The van der Waals surface area contributed by atoms with Crippen molar-refractivity contribution in [1.82, 2.24) is 4.90 Å². The summed E-state index contributed by atoms with van der Waals surface area (Å²) in [6, 6.07) is 3.45. The van der Waals surface area contributed by atoms with Crippen LogP contribution in [-0.4, -0.2) is 29.8 Å². The first-order valence-corrected chi connectivity index (χ1v) is 7.80. The summed E-state index contributed by atoms with van der Waals surface area (Å²) in [5.41, 5.74) is 5.14. The highest BCUT2D eigenvalue weighted by Gasteiger charge is 2.66. The summed E-state index contributed by atoms with van der Waals surface area (Å²) in [4.78, 5) is 26.7. The maximum absolute atomic E-state index is 12.5. The van der Waals surface area contributed by atoms with Crippen LogP contribution in [0.1, 0.15) is 29.9 Å². The molecule has 0 spiro atoms. The van der Waals surface area contributed by atoms with Gasteiger partial charge in [-0.1, -0.05) is 25.4 Å². The summed E-state index contributed by atoms with van der Waals surface area (Å²) in [5, 5.41) is 0. The molecule has 1 saturated carbocycles. The Morgan fingerprint density at radius 1 is 1.45 bits per heavy atom. The number of nitrogens with zero attached hydrogens (tertiary/aromatic N) is 1. The lowest BCUT2D eigenvalue weighted by Gasteiger charge is -2.54. The quantitative estimate of drug-likeness (QED) is 0.911. The van der Waals surface area contributed by atoms with Crippen LogP contribution in [0.4, 0.5) is 0 Å². The van der Waals surface area contributed by atoms with E-state index in [4.69, 9.17) is 17.3 Å². The lowest BCUT2D eigenvalue weighted by atomic mass is 9.48. The van der Waals surface area contributed by atoms with Crippen molar-refractivity contribution in [2.75, 3.05) is 13.1 Å². The third-order valence-corrected chi connectivity index (χ3v) is 6.04. The average molecular weight is 313 g/mol. The van der Waals surface area contributed by atoms with Crippen LogP contribution in [0.15, 0.2) is 12.1 Å². The van der Waals surface area contributed by atoms with E-state index in [0.717, 1.165) is 6.42 Å². The van der Waals surface area contributed by atoms with E-state index >= 15 is 0 Å². The minimum atomic E-state index is -0.528. The molecule has 6 heteroatoms. The Balaban J connectivity index is 1.85. The molecule has 3 rings (SSSR count). The molecule has 2 heterocycles. The Morgan fingerprint density at radius 2 is 2.15 bits per heavy atom. The van der Waals surface area contributed by atoms with E-state index in [1.165, 1.54) is 11.3 Å². The van der Waals surface area contributed by atoms with Crippen LogP contribution in [0.5, 0.6) is 0 Å². The van der Waals surface area contributed by atoms with Crippen LogP contribution in [0.3, 0.4) is 0 Å². The summed E-state index contributed by atoms with van der Waals surface area (Å²) in [7, 11) is 0. The van der Waals surface area contributed by atoms with E-state index in [2.05, 4.69) is 13.8 Å². The predicted molar refractivity (Wildman–Crippen MR) is 78.7 cm³/mol. The third kappa shape index (κ3) is 1.79. The fraction of sp³-hybridized carbons (Fsp3) is 0.571. The molecule has 1 aliphatic carbocycles. The number of primary amides is 1. The molecule has 20 heavy (non-hydrogen) atoms. The van der Waals surface area contributed by atoms with Crippen LogP contribution in [0.25, 0.3) is 0 Å². The van der Waals surface area contributed by atoms with Gasteiger partial charge in [0.2, 0.25) is 5.91 Å². The van der Waals surface area contributed by atoms with Gasteiger partial charge < -0.3 is 10.6 Å². The molecule has 2 aliphatic rings. The number of fused-ring (bicyclic) bond motifs is 1. The highest BCUT2D eigenvalue weighted by Crippen LogP contribution is 2.62. The molecule has 2 atom stereocenters. The van der Waals surface area contributed by atoms with Crippen molar-refractivity contribution in [2.45, 2.75) is 20.3 Å². The van der Waals surface area contributed by atoms with Crippen LogP contribution < -0.4 is 5.73 Å². The van der Waals surface area contributed by atoms with E-state index in [-0.39, 0.29) is 23.1 Å². The minimum Gasteiger partial charge on any atom is -0.369 e. The Kier molecular flexibility index (Phi) is 2.93. The first-order valence-electron chi connectivity index (χ1n) is 6.61. The van der Waals surface area contributed by atoms with E-state index in [1.54, 1.807) is 17.0 Å². The second kappa shape index (κ2) is 4.21. The first kappa shape index (κ1) is 13.9. The monoisotopic (exact) mass is 312 g/mol. The molecule has 2 amide bonds. The maximum Gasteiger partial charge on any atom is 0.264 e. The molecule has 0 aromatic carbocycles. The number of hydrogen-bond donors (Lipinski definition) is 1. The first-order chi connectivity index (χ1) is 9.26. The molecular formula is C14H17ClN2O2S. The van der Waals surface area contributed by atoms with Gasteiger partial charge in [-0.15, -0.1) is 11.3 Å². The lowest BCUT2D eigenvalue weighted by molar-refractivity contribution is -0.148. The summed E-state index contributed by atoms with van der Waals surface area (Å²) >= 11 is 7.15. The number of thiophene rings is 1. The van der Waals surface area contributed by atoms with Crippen LogP contribution >= 0.6 is 22.9 Å². The zero-order valence-electron chi connectivity index (χ0n) is 11.5. The highest BCUT2D eigenvalue weighted by atomic mass is 35.5. The van der Waals surface area contributed by atoms with Crippen molar-refractivity contribution < 1.29 is 9.59 Å². The molecule has 0 bridgehead atoms. The van der Waals surface area contributed by atoms with Gasteiger partial charge in [0.05, 0.1) is 14.6 Å². The van der Waals surface area contributed by atoms with Gasteiger partial charge in [0, 0.05) is 13.1 Å². The molecule has 0 unspecified atom stereocenters. The van der Waals surface area contributed by atoms with Crippen molar-refractivity contribution in [2.24, 2.45) is 22.5 Å². The zero-order valence-corrected chi connectivity index (χ0v) is 13.1. The molecule has 1 aromatic rings. The normalized spacial score (nSPS) is 30.8. The SMILES string of the molecule is CC1(C)C[C@]2(C(N)=O)CN(C(=O)c3ccc(Cl)s3)C[C@H]12. The van der Waals surface area contributed by atoms with Crippen LogP contribution in [-0.2, 0) is 4.79 Å². The topological polar surface area (TPSA) is 63.4 Å². The Labute approximate surface area is 126 Å². The summed E-state index contributed by atoms with van der Waals surface area (Å²) in [6.07, 6.45) is 0.759. The predicted octanol–water partition coefficient (Wildman–Crippen LogP) is 2.38. The maximum atomic E-state index is 12.5. The number of carbonyl (C=O) groups is 2. The lowest BCUT2D eigenvalue weighted by Crippen LogP contribution is -2.59. The summed E-state index contributed by atoms with van der Waals surface area (Å²) in [6.45, 7) is 5.30. The smallest absolute Gasteiger partial charge is 0.264 e. The number of halogens is 1. The van der Waals surface area contributed by atoms with Gasteiger partial charge in [-0.3, -0.25) is 9.59 Å². The number of rotatable bonds is 2. The zero-order chi connectivity index (χ0) is 14.7. The molecule has 2 N–H and O–H groups in total. The fourth-order valence-electron chi connectivity index (χ4n) is 3.97. The highest BCUT2D eigenvalue weighted by molar-refractivity contribution is 7.17. The molecule has 2 fully saturated rings. The van der Waals surface area contributed by atoms with Gasteiger partial charge in [0.1, 0.15) is 0 Å². The second-order valence-corrected chi connectivity index (χ2v) is 8.24. The van der Waals surface area contributed by atoms with Crippen molar-refractivity contribution in [3.8, 4) is 0 Å². The van der Waals surface area contributed by atoms with Gasteiger partial charge >= 0.3 is 0 Å². The standard InChI is InChI=1S/C14H17ClN2O2S/c1-13(2)6-14(12(16)19)7-17(5-9(13)14)11(18)8-3-4-10(15)20-8/h3-4,9H,5-7H2,1-2H3,(H2,16,19)/t9-,14+/m1/s1. The van der Waals surface area contributed by atoms with E-state index in [1.807, 2.05) is 0 Å². The van der Waals surface area contributed by atoms with Gasteiger partial charge in [0.25, 0.3) is 5.91 Å². The van der Waals surface area contributed by atoms with Crippen LogP contribution in [0.2, 0.25) is 4.34 Å². The van der Waals surface area contributed by atoms with E-state index in [9.17, 15) is 9.59 Å². The number of nitrogens with two attached hydrogens (primary N) is 1. The van der Waals surface area contributed by atoms with E-state index in [0.29, 0.717) is 22.3 Å². The molecule has 1 saturated heterocycles. The van der Waals surface area contributed by atoms with Crippen molar-refractivity contribution in [1.29, 1.82) is 0 Å². The second-order valence-electron chi connectivity index (χ2n) is 6.53. The molecule has 4 nitrogen and oxygen atoms in total. The molecule has 1 aliphatic heterocycles. The van der Waals surface area contributed by atoms with Crippen molar-refractivity contribution >= 4 is 34.8 Å². The van der Waals surface area contributed by atoms with Crippen molar-refractivity contribution in [3.05, 3.63) is 21.3 Å². The fourth-order valence-corrected chi connectivity index (χ4v) is 4.98. The average Bonchev–Trinajstić information content (AvgIpc) is 2.91. The van der Waals surface area contributed by atoms with E-state index < -0.39 is 5.41 Å². The van der Waals surface area contributed by atoms with Crippen molar-refractivity contribution in [3.63, 3.8) is 0 Å². The number of hydrogen-bond acceptors (Lipinski definition) is 3. The number of likely N-dealkylation sites (tertiary alicyclic amines) is 1. The Morgan fingerprint density at radius 3 is 2.60 bits per heavy atom. The third-order valence-electron chi connectivity index (χ3n) is 4.82. The minimum absolute atomic E-state index is 0.0484. The van der Waals surface area contributed by atoms with Gasteiger partial charge in [-0.25, -0.2) is 0 Å². The number of amides is 2. The Hall–Kier alpha value is -1.07. The summed E-state index contributed by atoms with van der Waals surface area (Å²) < 4.78 is 0.598. The Bertz CT molecular complexity index is 598. The number of carbonyl (C=O) groups excluding carboxylic acids is 2. The van der Waals surface area contributed by atoms with Crippen LogP contribution in [0, 0.1) is 16.7 Å². The largest absolute Gasteiger partial charge is 0.369 e. The molecular weight excluding hydrogens is 296 g/mol. The molecule has 0 radical (unpaired) electrons. The van der Waals surface area contributed by atoms with Gasteiger partial charge in [-0.2, -0.15) is 0 Å².